The molecule has 1 aromatic carbocycles. The monoisotopic (exact) mass is 382 g/mol. The van der Waals surface area contributed by atoms with Crippen molar-refractivity contribution >= 4 is 34.3 Å². The summed E-state index contributed by atoms with van der Waals surface area (Å²) in [5, 5.41) is 7.91. The van der Waals surface area contributed by atoms with Crippen molar-refractivity contribution < 1.29 is 9.21 Å². The topological polar surface area (TPSA) is 65.0 Å². The third-order valence-electron chi connectivity index (χ3n) is 4.85. The largest absolute Gasteiger partial charge is 0.454 e. The van der Waals surface area contributed by atoms with E-state index in [-0.39, 0.29) is 5.91 Å². The van der Waals surface area contributed by atoms with E-state index in [9.17, 15) is 4.79 Å². The van der Waals surface area contributed by atoms with Gasteiger partial charge in [-0.2, -0.15) is 5.10 Å². The molecule has 0 bridgehead atoms. The summed E-state index contributed by atoms with van der Waals surface area (Å²) >= 11 is 6.26. The van der Waals surface area contributed by atoms with Crippen LogP contribution in [0.2, 0.25) is 5.02 Å². The molecule has 138 valence electrons. The Bertz CT molecular complexity index is 1180. The Morgan fingerprint density at radius 3 is 2.56 bits per heavy atom. The molecule has 27 heavy (non-hydrogen) atoms. The van der Waals surface area contributed by atoms with E-state index in [1.807, 2.05) is 62.8 Å². The van der Waals surface area contributed by atoms with Gasteiger partial charge in [-0.3, -0.25) is 9.48 Å². The Balaban J connectivity index is 1.69. The molecular formula is C20H19ClN4O2. The molecule has 1 amide bonds. The highest BCUT2D eigenvalue weighted by molar-refractivity contribution is 6.33. The van der Waals surface area contributed by atoms with Gasteiger partial charge in [0.1, 0.15) is 11.5 Å². The minimum atomic E-state index is -0.206. The van der Waals surface area contributed by atoms with Gasteiger partial charge in [0, 0.05) is 31.8 Å². The Labute approximate surface area is 161 Å². The number of aryl methyl sites for hydroxylation is 3. The van der Waals surface area contributed by atoms with E-state index in [0.29, 0.717) is 22.1 Å². The van der Waals surface area contributed by atoms with E-state index >= 15 is 0 Å². The third kappa shape index (κ3) is 2.82. The lowest BCUT2D eigenvalue weighted by Gasteiger charge is -2.07. The van der Waals surface area contributed by atoms with Gasteiger partial charge in [-0.1, -0.05) is 23.7 Å². The molecule has 0 radical (unpaired) electrons. The van der Waals surface area contributed by atoms with Crippen LogP contribution in [0.3, 0.4) is 0 Å². The number of fused-ring (bicyclic) bond motifs is 1. The number of hydrogen-bond donors (Lipinski definition) is 1. The SMILES string of the molecule is Cc1nn(C)c(C)c1NC(=O)c1cc2oc(-c3ccccc3Cl)cc2n1C. The number of aromatic nitrogens is 3. The Morgan fingerprint density at radius 1 is 1.19 bits per heavy atom. The zero-order valence-electron chi connectivity index (χ0n) is 15.5. The summed E-state index contributed by atoms with van der Waals surface area (Å²) in [5.41, 5.74) is 5.21. The maximum Gasteiger partial charge on any atom is 0.272 e. The summed E-state index contributed by atoms with van der Waals surface area (Å²) in [6, 6.07) is 11.1. The summed E-state index contributed by atoms with van der Waals surface area (Å²) in [5.74, 6) is 0.467. The van der Waals surface area contributed by atoms with Crippen molar-refractivity contribution in [2.45, 2.75) is 13.8 Å². The number of furan rings is 1. The maximum atomic E-state index is 12.8. The van der Waals surface area contributed by atoms with Gasteiger partial charge in [0.15, 0.2) is 5.58 Å². The summed E-state index contributed by atoms with van der Waals surface area (Å²) < 4.78 is 9.51. The molecule has 3 heterocycles. The van der Waals surface area contributed by atoms with E-state index < -0.39 is 0 Å². The second-order valence-corrected chi connectivity index (χ2v) is 6.96. The first-order valence-electron chi connectivity index (χ1n) is 8.52. The van der Waals surface area contributed by atoms with Crippen LogP contribution in [0.1, 0.15) is 21.9 Å². The zero-order valence-corrected chi connectivity index (χ0v) is 16.3. The molecule has 4 rings (SSSR count). The van der Waals surface area contributed by atoms with Crippen LogP contribution in [0.15, 0.2) is 40.8 Å². The predicted molar refractivity (Wildman–Crippen MR) is 106 cm³/mol. The van der Waals surface area contributed by atoms with E-state index in [2.05, 4.69) is 10.4 Å². The van der Waals surface area contributed by atoms with Crippen molar-refractivity contribution in [2.75, 3.05) is 5.32 Å². The molecule has 0 saturated heterocycles. The number of nitrogens with one attached hydrogen (secondary N) is 1. The fourth-order valence-corrected chi connectivity index (χ4v) is 3.48. The number of nitrogens with zero attached hydrogens (tertiary/aromatic N) is 3. The lowest BCUT2D eigenvalue weighted by Crippen LogP contribution is -2.16. The van der Waals surface area contributed by atoms with Gasteiger partial charge < -0.3 is 14.3 Å². The molecule has 1 N–H and O–H groups in total. The summed E-state index contributed by atoms with van der Waals surface area (Å²) in [4.78, 5) is 12.8. The summed E-state index contributed by atoms with van der Waals surface area (Å²) in [6.45, 7) is 3.79. The first-order chi connectivity index (χ1) is 12.9. The molecule has 0 aliphatic rings. The number of rotatable bonds is 3. The van der Waals surface area contributed by atoms with Gasteiger partial charge in [-0.15, -0.1) is 0 Å². The van der Waals surface area contributed by atoms with Crippen molar-refractivity contribution in [2.24, 2.45) is 14.1 Å². The minimum Gasteiger partial charge on any atom is -0.454 e. The van der Waals surface area contributed by atoms with E-state index in [0.717, 1.165) is 28.2 Å². The van der Waals surface area contributed by atoms with Crippen LogP contribution < -0.4 is 5.32 Å². The standard InChI is InChI=1S/C20H19ClN4O2/c1-11-19(12(2)25(4)23-11)22-20(26)16-10-18-15(24(16)3)9-17(27-18)13-7-5-6-8-14(13)21/h5-10H,1-4H3,(H,22,26). The number of amides is 1. The smallest absolute Gasteiger partial charge is 0.272 e. The number of carbonyl (C=O) groups excluding carboxylic acids is 1. The molecule has 0 unspecified atom stereocenters. The van der Waals surface area contributed by atoms with Gasteiger partial charge >= 0.3 is 0 Å². The second-order valence-electron chi connectivity index (χ2n) is 6.55. The Hall–Kier alpha value is -2.99. The molecule has 0 fully saturated rings. The average molecular weight is 383 g/mol. The number of benzene rings is 1. The van der Waals surface area contributed by atoms with Crippen LogP contribution in [0.5, 0.6) is 0 Å². The van der Waals surface area contributed by atoms with Gasteiger partial charge in [0.25, 0.3) is 5.91 Å². The molecule has 6 nitrogen and oxygen atoms in total. The van der Waals surface area contributed by atoms with Crippen LogP contribution in [-0.4, -0.2) is 20.3 Å². The first-order valence-corrected chi connectivity index (χ1v) is 8.90. The fourth-order valence-electron chi connectivity index (χ4n) is 3.26. The van der Waals surface area contributed by atoms with Crippen molar-refractivity contribution in [1.29, 1.82) is 0 Å². The minimum absolute atomic E-state index is 0.206. The Kier molecular flexibility index (Phi) is 4.08. The van der Waals surface area contributed by atoms with Gasteiger partial charge in [0.2, 0.25) is 0 Å². The lowest BCUT2D eigenvalue weighted by atomic mass is 10.2. The van der Waals surface area contributed by atoms with Gasteiger partial charge in [-0.25, -0.2) is 0 Å². The van der Waals surface area contributed by atoms with Crippen molar-refractivity contribution in [3.05, 3.63) is 58.5 Å². The summed E-state index contributed by atoms with van der Waals surface area (Å²) in [6.07, 6.45) is 0. The predicted octanol–water partition coefficient (Wildman–Crippen LogP) is 4.69. The number of carbonyl (C=O) groups is 1. The van der Waals surface area contributed by atoms with Crippen molar-refractivity contribution in [1.82, 2.24) is 14.3 Å². The highest BCUT2D eigenvalue weighted by Crippen LogP contribution is 2.33. The first kappa shape index (κ1) is 17.4. The molecule has 3 aromatic heterocycles. The molecule has 4 aromatic rings. The average Bonchev–Trinajstić information content (AvgIpc) is 3.25. The van der Waals surface area contributed by atoms with E-state index in [4.69, 9.17) is 16.0 Å². The number of halogens is 1. The second kappa shape index (κ2) is 6.32. The van der Waals surface area contributed by atoms with Crippen LogP contribution in [0.25, 0.3) is 22.4 Å². The molecule has 0 atom stereocenters. The van der Waals surface area contributed by atoms with Gasteiger partial charge in [-0.05, 0) is 26.0 Å². The molecule has 0 aliphatic heterocycles. The zero-order chi connectivity index (χ0) is 19.3. The van der Waals surface area contributed by atoms with Crippen LogP contribution in [-0.2, 0) is 14.1 Å². The van der Waals surface area contributed by atoms with Crippen LogP contribution in [0.4, 0.5) is 5.69 Å². The molecule has 0 spiro atoms. The normalized spacial score (nSPS) is 11.3. The molecule has 0 aliphatic carbocycles. The summed E-state index contributed by atoms with van der Waals surface area (Å²) in [7, 11) is 3.69. The Morgan fingerprint density at radius 2 is 1.93 bits per heavy atom. The molecule has 7 heteroatoms. The van der Waals surface area contributed by atoms with Crippen molar-refractivity contribution in [3.63, 3.8) is 0 Å². The highest BCUT2D eigenvalue weighted by Gasteiger charge is 2.20. The third-order valence-corrected chi connectivity index (χ3v) is 5.18. The number of anilines is 1. The number of hydrogen-bond acceptors (Lipinski definition) is 3. The molecule has 0 saturated carbocycles. The van der Waals surface area contributed by atoms with Crippen molar-refractivity contribution in [3.8, 4) is 11.3 Å². The maximum absolute atomic E-state index is 12.8. The quantitative estimate of drug-likeness (QED) is 0.558. The lowest BCUT2D eigenvalue weighted by molar-refractivity contribution is 0.101. The van der Waals surface area contributed by atoms with Crippen LogP contribution in [0, 0.1) is 13.8 Å². The van der Waals surface area contributed by atoms with Crippen LogP contribution >= 0.6 is 11.6 Å². The van der Waals surface area contributed by atoms with Gasteiger partial charge in [0.05, 0.1) is 27.6 Å². The van der Waals surface area contributed by atoms with E-state index in [1.54, 1.807) is 10.7 Å². The van der Waals surface area contributed by atoms with E-state index in [1.165, 1.54) is 0 Å². The molecular weight excluding hydrogens is 364 g/mol. The fraction of sp³-hybridized carbons (Fsp3) is 0.200. The highest BCUT2D eigenvalue weighted by atomic mass is 35.5.